The highest BCUT2D eigenvalue weighted by atomic mass is 16.5. The lowest BCUT2D eigenvalue weighted by molar-refractivity contribution is -0.914. The number of carbonyl (C=O) groups excluding carboxylic acids is 2. The highest BCUT2D eigenvalue weighted by Gasteiger charge is 2.27. The van der Waals surface area contributed by atoms with Crippen molar-refractivity contribution in [2.75, 3.05) is 39.2 Å². The standard InChI is InChI=1S/C20H27N3O5/c1-12-10-23(11-13(2)28-12)9-8-16(24)22-18-17-14(6-5-7-15(17)26-3)21-19(18)20(25)27-4/h5-7,12-13,21H,8-11H2,1-4H3,(H,22,24)/p+1/t12-,13+. The lowest BCUT2D eigenvalue weighted by atomic mass is 10.2. The minimum atomic E-state index is -0.546. The molecule has 2 aromatic rings. The summed E-state index contributed by atoms with van der Waals surface area (Å²) in [6, 6.07) is 5.42. The third kappa shape index (κ3) is 4.28. The van der Waals surface area contributed by atoms with Crippen LogP contribution in [0.1, 0.15) is 30.8 Å². The summed E-state index contributed by atoms with van der Waals surface area (Å²) >= 11 is 0. The number of methoxy groups -OCH3 is 2. The van der Waals surface area contributed by atoms with Crippen molar-refractivity contribution in [3.05, 3.63) is 23.9 Å². The second kappa shape index (κ2) is 8.62. The number of carbonyl (C=O) groups is 2. The Kier molecular flexibility index (Phi) is 6.21. The number of benzene rings is 1. The minimum absolute atomic E-state index is 0.156. The monoisotopic (exact) mass is 390 g/mol. The Morgan fingerprint density at radius 1 is 1.25 bits per heavy atom. The van der Waals surface area contributed by atoms with Crippen LogP contribution in [0, 0.1) is 0 Å². The van der Waals surface area contributed by atoms with Crippen LogP contribution >= 0.6 is 0 Å². The van der Waals surface area contributed by atoms with Gasteiger partial charge in [0.15, 0.2) is 0 Å². The molecule has 1 saturated heterocycles. The van der Waals surface area contributed by atoms with Crippen LogP contribution in [0.25, 0.3) is 10.9 Å². The molecule has 28 heavy (non-hydrogen) atoms. The normalized spacial score (nSPS) is 22.1. The van der Waals surface area contributed by atoms with Crippen molar-refractivity contribution in [3.8, 4) is 5.75 Å². The van der Waals surface area contributed by atoms with Gasteiger partial charge in [0, 0.05) is 0 Å². The first-order valence-electron chi connectivity index (χ1n) is 9.48. The number of nitrogens with one attached hydrogen (secondary N) is 3. The Morgan fingerprint density at radius 3 is 2.61 bits per heavy atom. The first kappa shape index (κ1) is 20.2. The molecule has 1 unspecified atom stereocenters. The van der Waals surface area contributed by atoms with Crippen molar-refractivity contribution in [2.45, 2.75) is 32.5 Å². The maximum atomic E-state index is 12.7. The van der Waals surface area contributed by atoms with Crippen molar-refractivity contribution >= 4 is 28.5 Å². The number of esters is 1. The molecule has 1 aromatic heterocycles. The minimum Gasteiger partial charge on any atom is -0.496 e. The summed E-state index contributed by atoms with van der Waals surface area (Å²) in [6.45, 7) is 6.57. The molecule has 3 N–H and O–H groups in total. The molecular formula is C20H28N3O5+. The summed E-state index contributed by atoms with van der Waals surface area (Å²) in [4.78, 5) is 29.2. The van der Waals surface area contributed by atoms with Gasteiger partial charge in [0.25, 0.3) is 0 Å². The first-order chi connectivity index (χ1) is 13.4. The van der Waals surface area contributed by atoms with Crippen LogP contribution in [-0.4, -0.2) is 62.9 Å². The van der Waals surface area contributed by atoms with E-state index in [9.17, 15) is 9.59 Å². The zero-order valence-corrected chi connectivity index (χ0v) is 16.8. The lowest BCUT2D eigenvalue weighted by Gasteiger charge is -2.32. The molecule has 8 heteroatoms. The number of morpholine rings is 1. The molecule has 1 aliphatic rings. The quantitative estimate of drug-likeness (QED) is 0.640. The van der Waals surface area contributed by atoms with Crippen LogP contribution in [0.4, 0.5) is 5.69 Å². The zero-order chi connectivity index (χ0) is 20.3. The molecule has 0 bridgehead atoms. The topological polar surface area (TPSA) is 94.1 Å². The smallest absolute Gasteiger partial charge is 0.356 e. The maximum absolute atomic E-state index is 12.7. The van der Waals surface area contributed by atoms with Gasteiger partial charge in [-0.25, -0.2) is 4.79 Å². The van der Waals surface area contributed by atoms with E-state index in [0.29, 0.717) is 35.3 Å². The van der Waals surface area contributed by atoms with E-state index in [1.165, 1.54) is 12.0 Å². The van der Waals surface area contributed by atoms with Crippen LogP contribution in [0.3, 0.4) is 0 Å². The predicted octanol–water partition coefficient (Wildman–Crippen LogP) is 0.984. The molecule has 1 fully saturated rings. The number of fused-ring (bicyclic) bond motifs is 1. The van der Waals surface area contributed by atoms with E-state index in [-0.39, 0.29) is 23.8 Å². The zero-order valence-electron chi connectivity index (χ0n) is 16.8. The number of amides is 1. The van der Waals surface area contributed by atoms with Gasteiger partial charge in [-0.1, -0.05) is 6.07 Å². The fourth-order valence-electron chi connectivity index (χ4n) is 3.85. The Hall–Kier alpha value is -2.58. The Labute approximate surface area is 164 Å². The Bertz CT molecular complexity index is 853. The molecule has 0 radical (unpaired) electrons. The second-order valence-electron chi connectivity index (χ2n) is 7.21. The number of H-pyrrole nitrogens is 1. The lowest BCUT2D eigenvalue weighted by Crippen LogP contribution is -3.15. The van der Waals surface area contributed by atoms with Gasteiger partial charge < -0.3 is 29.4 Å². The number of ether oxygens (including phenoxy) is 3. The summed E-state index contributed by atoms with van der Waals surface area (Å²) in [5, 5.41) is 3.54. The number of aromatic nitrogens is 1. The third-order valence-corrected chi connectivity index (χ3v) is 4.98. The van der Waals surface area contributed by atoms with Gasteiger partial charge >= 0.3 is 5.97 Å². The molecule has 1 aromatic carbocycles. The van der Waals surface area contributed by atoms with Crippen LogP contribution in [-0.2, 0) is 14.3 Å². The van der Waals surface area contributed by atoms with Crippen LogP contribution < -0.4 is 15.0 Å². The number of hydrogen-bond donors (Lipinski definition) is 3. The summed E-state index contributed by atoms with van der Waals surface area (Å²) in [5.74, 6) is -0.132. The molecule has 0 aliphatic carbocycles. The van der Waals surface area contributed by atoms with E-state index in [4.69, 9.17) is 14.2 Å². The van der Waals surface area contributed by atoms with E-state index in [2.05, 4.69) is 24.1 Å². The molecule has 8 nitrogen and oxygen atoms in total. The molecular weight excluding hydrogens is 362 g/mol. The molecule has 152 valence electrons. The molecule has 1 amide bonds. The first-order valence-corrected chi connectivity index (χ1v) is 9.48. The van der Waals surface area contributed by atoms with Gasteiger partial charge in [-0.05, 0) is 26.0 Å². The summed E-state index contributed by atoms with van der Waals surface area (Å²) < 4.78 is 16.0. The maximum Gasteiger partial charge on any atom is 0.356 e. The number of quaternary nitrogens is 1. The van der Waals surface area contributed by atoms with Crippen molar-refractivity contribution in [2.24, 2.45) is 0 Å². The SMILES string of the molecule is COC(=O)c1[nH]c2cccc(OC)c2c1NC(=O)CC[NH+]1C[C@@H](C)O[C@@H](C)C1. The summed E-state index contributed by atoms with van der Waals surface area (Å²) in [7, 11) is 2.86. The van der Waals surface area contributed by atoms with Gasteiger partial charge in [-0.3, -0.25) is 4.79 Å². The Morgan fingerprint density at radius 2 is 1.96 bits per heavy atom. The largest absolute Gasteiger partial charge is 0.496 e. The number of aromatic amines is 1. The van der Waals surface area contributed by atoms with E-state index in [1.54, 1.807) is 13.2 Å². The highest BCUT2D eigenvalue weighted by molar-refractivity contribution is 6.12. The van der Waals surface area contributed by atoms with Gasteiger partial charge in [-0.15, -0.1) is 0 Å². The van der Waals surface area contributed by atoms with Crippen LogP contribution in [0.5, 0.6) is 5.75 Å². The van der Waals surface area contributed by atoms with Gasteiger partial charge in [0.2, 0.25) is 5.91 Å². The fourth-order valence-corrected chi connectivity index (χ4v) is 3.85. The van der Waals surface area contributed by atoms with Gasteiger partial charge in [0.05, 0.1) is 43.8 Å². The average Bonchev–Trinajstić information content (AvgIpc) is 3.03. The average molecular weight is 390 g/mol. The molecule has 0 saturated carbocycles. The second-order valence-corrected chi connectivity index (χ2v) is 7.21. The number of hydrogen-bond acceptors (Lipinski definition) is 5. The summed E-state index contributed by atoms with van der Waals surface area (Å²) in [5.41, 5.74) is 1.29. The van der Waals surface area contributed by atoms with Crippen LogP contribution in [0.15, 0.2) is 18.2 Å². The van der Waals surface area contributed by atoms with Crippen molar-refractivity contribution in [1.82, 2.24) is 4.98 Å². The summed E-state index contributed by atoms with van der Waals surface area (Å²) in [6.07, 6.45) is 0.716. The number of rotatable bonds is 6. The van der Waals surface area contributed by atoms with E-state index in [1.807, 2.05) is 12.1 Å². The molecule has 3 atom stereocenters. The highest BCUT2D eigenvalue weighted by Crippen LogP contribution is 2.35. The molecule has 3 rings (SSSR count). The van der Waals surface area contributed by atoms with Gasteiger partial charge in [0.1, 0.15) is 36.7 Å². The molecule has 0 spiro atoms. The van der Waals surface area contributed by atoms with Gasteiger partial charge in [-0.2, -0.15) is 0 Å². The van der Waals surface area contributed by atoms with Crippen LogP contribution in [0.2, 0.25) is 0 Å². The van der Waals surface area contributed by atoms with E-state index < -0.39 is 5.97 Å². The van der Waals surface area contributed by atoms with E-state index in [0.717, 1.165) is 13.1 Å². The third-order valence-electron chi connectivity index (χ3n) is 4.98. The van der Waals surface area contributed by atoms with E-state index >= 15 is 0 Å². The molecule has 1 aliphatic heterocycles. The van der Waals surface area contributed by atoms with Crippen molar-refractivity contribution in [3.63, 3.8) is 0 Å². The Balaban J connectivity index is 1.78. The molecule has 2 heterocycles. The predicted molar refractivity (Wildman–Crippen MR) is 105 cm³/mol. The van der Waals surface area contributed by atoms with Crippen molar-refractivity contribution < 1.29 is 28.7 Å². The number of anilines is 1. The fraction of sp³-hybridized carbons (Fsp3) is 0.500. The van der Waals surface area contributed by atoms with Crippen molar-refractivity contribution in [1.29, 1.82) is 0 Å².